The molecule has 0 amide bonds. The van der Waals surface area contributed by atoms with Gasteiger partial charge in [0.1, 0.15) is 5.82 Å². The molecular weight excluding hydrogens is 349 g/mol. The molecule has 0 aliphatic carbocycles. The molecule has 1 aromatic carbocycles. The maximum atomic E-state index is 6.04. The summed E-state index contributed by atoms with van der Waals surface area (Å²) in [6.07, 6.45) is 0. The molecule has 0 fully saturated rings. The Morgan fingerprint density at radius 3 is 2.71 bits per heavy atom. The van der Waals surface area contributed by atoms with Crippen LogP contribution in [0, 0.1) is 10.5 Å². The molecule has 0 saturated heterocycles. The zero-order chi connectivity index (χ0) is 12.6. The summed E-state index contributed by atoms with van der Waals surface area (Å²) in [5.74, 6) is 0.704. The molecule has 2 aromatic rings. The van der Waals surface area contributed by atoms with Gasteiger partial charge < -0.3 is 5.73 Å². The lowest BCUT2D eigenvalue weighted by Crippen LogP contribution is -2.11. The third-order valence-electron chi connectivity index (χ3n) is 2.75. The van der Waals surface area contributed by atoms with E-state index in [1.165, 1.54) is 0 Å². The van der Waals surface area contributed by atoms with Crippen LogP contribution in [-0.4, -0.2) is 9.78 Å². The second kappa shape index (κ2) is 4.86. The van der Waals surface area contributed by atoms with E-state index < -0.39 is 0 Å². The van der Waals surface area contributed by atoms with Gasteiger partial charge in [-0.1, -0.05) is 23.7 Å². The SMILES string of the molecule is Cc1nn(C(C)c2cccc(Cl)c2)c(N)c1I. The van der Waals surface area contributed by atoms with Gasteiger partial charge in [0, 0.05) is 5.02 Å². The minimum absolute atomic E-state index is 0.0796. The van der Waals surface area contributed by atoms with Crippen molar-refractivity contribution >= 4 is 40.0 Å². The molecule has 0 bridgehead atoms. The summed E-state index contributed by atoms with van der Waals surface area (Å²) >= 11 is 8.20. The van der Waals surface area contributed by atoms with Gasteiger partial charge in [-0.15, -0.1) is 0 Å². The highest BCUT2D eigenvalue weighted by Crippen LogP contribution is 2.27. The van der Waals surface area contributed by atoms with E-state index in [9.17, 15) is 0 Å². The monoisotopic (exact) mass is 361 g/mol. The number of nitrogen functional groups attached to an aromatic ring is 1. The topological polar surface area (TPSA) is 43.8 Å². The Morgan fingerprint density at radius 1 is 1.47 bits per heavy atom. The molecular formula is C12H13ClIN3. The normalized spacial score (nSPS) is 12.7. The first-order valence-corrected chi connectivity index (χ1v) is 6.72. The first-order valence-electron chi connectivity index (χ1n) is 5.26. The largest absolute Gasteiger partial charge is 0.383 e. The Kier molecular flexibility index (Phi) is 3.63. The minimum atomic E-state index is 0.0796. The van der Waals surface area contributed by atoms with Gasteiger partial charge in [0.15, 0.2) is 0 Å². The molecule has 1 aromatic heterocycles. The van der Waals surface area contributed by atoms with Gasteiger partial charge >= 0.3 is 0 Å². The van der Waals surface area contributed by atoms with Gasteiger partial charge in [0.25, 0.3) is 0 Å². The van der Waals surface area contributed by atoms with Crippen LogP contribution in [0.4, 0.5) is 5.82 Å². The van der Waals surface area contributed by atoms with Crippen LogP contribution in [0.2, 0.25) is 5.02 Å². The number of aryl methyl sites for hydroxylation is 1. The van der Waals surface area contributed by atoms with Crippen LogP contribution in [0.3, 0.4) is 0 Å². The molecule has 0 spiro atoms. The third kappa shape index (κ3) is 2.42. The maximum Gasteiger partial charge on any atom is 0.136 e. The number of anilines is 1. The zero-order valence-electron chi connectivity index (χ0n) is 9.61. The first-order chi connectivity index (χ1) is 8.00. The molecule has 0 aliphatic rings. The Bertz CT molecular complexity index is 551. The number of aromatic nitrogens is 2. The Morgan fingerprint density at radius 2 is 2.18 bits per heavy atom. The quantitative estimate of drug-likeness (QED) is 0.830. The van der Waals surface area contributed by atoms with E-state index in [0.29, 0.717) is 5.82 Å². The minimum Gasteiger partial charge on any atom is -0.383 e. The molecule has 1 unspecified atom stereocenters. The lowest BCUT2D eigenvalue weighted by Gasteiger charge is -2.14. The summed E-state index contributed by atoms with van der Waals surface area (Å²) in [6, 6.07) is 7.84. The third-order valence-corrected chi connectivity index (χ3v) is 4.31. The van der Waals surface area contributed by atoms with Gasteiger partial charge in [0.05, 0.1) is 15.3 Å². The average Bonchev–Trinajstić information content (AvgIpc) is 2.56. The summed E-state index contributed by atoms with van der Waals surface area (Å²) in [6.45, 7) is 4.02. The lowest BCUT2D eigenvalue weighted by molar-refractivity contribution is 0.569. The second-order valence-electron chi connectivity index (χ2n) is 3.96. The van der Waals surface area contributed by atoms with Crippen molar-refractivity contribution in [2.75, 3.05) is 5.73 Å². The van der Waals surface area contributed by atoms with E-state index in [1.807, 2.05) is 35.9 Å². The molecule has 0 saturated carbocycles. The van der Waals surface area contributed by atoms with Crippen molar-refractivity contribution in [2.24, 2.45) is 0 Å². The zero-order valence-corrected chi connectivity index (χ0v) is 12.5. The fourth-order valence-corrected chi connectivity index (χ4v) is 2.30. The number of hydrogen-bond donors (Lipinski definition) is 1. The van der Waals surface area contributed by atoms with E-state index in [-0.39, 0.29) is 6.04 Å². The summed E-state index contributed by atoms with van der Waals surface area (Å²) in [7, 11) is 0. The smallest absolute Gasteiger partial charge is 0.136 e. The Hall–Kier alpha value is -0.750. The van der Waals surface area contributed by atoms with Crippen molar-refractivity contribution < 1.29 is 0 Å². The van der Waals surface area contributed by atoms with Gasteiger partial charge in [-0.05, 0) is 54.1 Å². The predicted octanol–water partition coefficient (Wildman–Crippen LogP) is 3.64. The van der Waals surface area contributed by atoms with Crippen molar-refractivity contribution in [3.8, 4) is 0 Å². The van der Waals surface area contributed by atoms with E-state index >= 15 is 0 Å². The van der Waals surface area contributed by atoms with E-state index in [2.05, 4.69) is 34.6 Å². The number of hydrogen-bond acceptors (Lipinski definition) is 2. The first kappa shape index (κ1) is 12.7. The standard InChI is InChI=1S/C12H13ClIN3/c1-7-11(14)12(15)17(16-7)8(2)9-4-3-5-10(13)6-9/h3-6,8H,15H2,1-2H3. The van der Waals surface area contributed by atoms with Gasteiger partial charge in [-0.25, -0.2) is 4.68 Å². The van der Waals surface area contributed by atoms with E-state index in [4.69, 9.17) is 17.3 Å². The van der Waals surface area contributed by atoms with Crippen LogP contribution in [-0.2, 0) is 0 Å². The maximum absolute atomic E-state index is 6.04. The van der Waals surface area contributed by atoms with Crippen molar-refractivity contribution in [3.05, 3.63) is 44.1 Å². The van der Waals surface area contributed by atoms with E-state index in [0.717, 1.165) is 19.9 Å². The number of benzene rings is 1. The van der Waals surface area contributed by atoms with Crippen molar-refractivity contribution in [3.63, 3.8) is 0 Å². The molecule has 2 rings (SSSR count). The molecule has 1 heterocycles. The van der Waals surface area contributed by atoms with Crippen LogP contribution in [0.5, 0.6) is 0 Å². The number of nitrogens with zero attached hydrogens (tertiary/aromatic N) is 2. The summed E-state index contributed by atoms with van der Waals surface area (Å²) in [5.41, 5.74) is 8.10. The average molecular weight is 362 g/mol. The van der Waals surface area contributed by atoms with Crippen LogP contribution in [0.15, 0.2) is 24.3 Å². The molecule has 0 aliphatic heterocycles. The predicted molar refractivity (Wildman–Crippen MR) is 79.4 cm³/mol. The fraction of sp³-hybridized carbons (Fsp3) is 0.250. The van der Waals surface area contributed by atoms with Crippen LogP contribution in [0.1, 0.15) is 24.2 Å². The molecule has 3 nitrogen and oxygen atoms in total. The molecule has 1 atom stereocenters. The summed E-state index contributed by atoms with van der Waals surface area (Å²) < 4.78 is 2.85. The fourth-order valence-electron chi connectivity index (χ4n) is 1.75. The molecule has 5 heteroatoms. The summed E-state index contributed by atoms with van der Waals surface area (Å²) in [4.78, 5) is 0. The lowest BCUT2D eigenvalue weighted by atomic mass is 10.1. The van der Waals surface area contributed by atoms with Crippen LogP contribution < -0.4 is 5.73 Å². The molecule has 90 valence electrons. The Labute approximate surface area is 119 Å². The van der Waals surface area contributed by atoms with Crippen molar-refractivity contribution in [1.82, 2.24) is 9.78 Å². The van der Waals surface area contributed by atoms with Gasteiger partial charge in [0.2, 0.25) is 0 Å². The number of nitrogens with two attached hydrogens (primary N) is 1. The molecule has 17 heavy (non-hydrogen) atoms. The molecule has 2 N–H and O–H groups in total. The second-order valence-corrected chi connectivity index (χ2v) is 5.48. The highest BCUT2D eigenvalue weighted by molar-refractivity contribution is 14.1. The van der Waals surface area contributed by atoms with Gasteiger partial charge in [-0.3, -0.25) is 0 Å². The van der Waals surface area contributed by atoms with Crippen LogP contribution in [0.25, 0.3) is 0 Å². The number of halogens is 2. The highest BCUT2D eigenvalue weighted by atomic mass is 127. The molecule has 0 radical (unpaired) electrons. The highest BCUT2D eigenvalue weighted by Gasteiger charge is 2.16. The van der Waals surface area contributed by atoms with Crippen LogP contribution >= 0.6 is 34.2 Å². The number of rotatable bonds is 2. The Balaban J connectivity index is 2.43. The van der Waals surface area contributed by atoms with E-state index in [1.54, 1.807) is 0 Å². The van der Waals surface area contributed by atoms with Crippen molar-refractivity contribution in [1.29, 1.82) is 0 Å². The van der Waals surface area contributed by atoms with Crippen molar-refractivity contribution in [2.45, 2.75) is 19.9 Å². The summed E-state index contributed by atoms with van der Waals surface area (Å²) in [5, 5.41) is 5.19. The van der Waals surface area contributed by atoms with Gasteiger partial charge in [-0.2, -0.15) is 5.10 Å².